The highest BCUT2D eigenvalue weighted by atomic mass is 79.9. The van der Waals surface area contributed by atoms with Crippen molar-refractivity contribution in [2.24, 2.45) is 0 Å². The zero-order chi connectivity index (χ0) is 11.7. The molecule has 0 spiro atoms. The molecule has 16 heavy (non-hydrogen) atoms. The molecule has 2 aromatic carbocycles. The molecule has 0 unspecified atom stereocenters. The van der Waals surface area contributed by atoms with Gasteiger partial charge in [0, 0.05) is 5.39 Å². The Bertz CT molecular complexity index is 563. The highest BCUT2D eigenvalue weighted by Gasteiger charge is 2.16. The van der Waals surface area contributed by atoms with E-state index in [4.69, 9.17) is 9.84 Å². The lowest BCUT2D eigenvalue weighted by atomic mass is 10.1. The van der Waals surface area contributed by atoms with Gasteiger partial charge < -0.3 is 9.84 Å². The van der Waals surface area contributed by atoms with Gasteiger partial charge in [-0.2, -0.15) is 0 Å². The Morgan fingerprint density at radius 3 is 2.69 bits per heavy atom. The first-order valence-electron chi connectivity index (χ1n) is 4.63. The van der Waals surface area contributed by atoms with Crippen LogP contribution in [-0.2, 0) is 0 Å². The van der Waals surface area contributed by atoms with E-state index in [0.717, 1.165) is 10.8 Å². The van der Waals surface area contributed by atoms with Gasteiger partial charge in [0.05, 0.1) is 17.1 Å². The van der Waals surface area contributed by atoms with E-state index in [0.29, 0.717) is 10.2 Å². The Kier molecular flexibility index (Phi) is 2.83. The molecule has 0 heterocycles. The standard InChI is InChI=1S/C12H9BrO3/c1-16-11-8-5-3-2-4-7(8)6-9(10(11)13)12(14)15/h2-6H,1H3,(H,14,15). The van der Waals surface area contributed by atoms with Gasteiger partial charge in [-0.25, -0.2) is 4.79 Å². The minimum atomic E-state index is -0.976. The van der Waals surface area contributed by atoms with Crippen molar-refractivity contribution >= 4 is 32.7 Å². The highest BCUT2D eigenvalue weighted by Crippen LogP contribution is 2.36. The Morgan fingerprint density at radius 2 is 2.06 bits per heavy atom. The van der Waals surface area contributed by atoms with Gasteiger partial charge in [-0.3, -0.25) is 0 Å². The van der Waals surface area contributed by atoms with E-state index in [-0.39, 0.29) is 5.56 Å². The monoisotopic (exact) mass is 280 g/mol. The van der Waals surface area contributed by atoms with Crippen LogP contribution in [0, 0.1) is 0 Å². The summed E-state index contributed by atoms with van der Waals surface area (Å²) in [7, 11) is 1.53. The molecule has 2 aromatic rings. The van der Waals surface area contributed by atoms with Gasteiger partial charge in [0.2, 0.25) is 0 Å². The van der Waals surface area contributed by atoms with Crippen molar-refractivity contribution in [2.45, 2.75) is 0 Å². The predicted octanol–water partition coefficient (Wildman–Crippen LogP) is 3.31. The fourth-order valence-electron chi connectivity index (χ4n) is 1.64. The largest absolute Gasteiger partial charge is 0.495 e. The van der Waals surface area contributed by atoms with Crippen molar-refractivity contribution in [3.8, 4) is 5.75 Å². The fourth-order valence-corrected chi connectivity index (χ4v) is 2.30. The highest BCUT2D eigenvalue weighted by molar-refractivity contribution is 9.10. The molecule has 3 nitrogen and oxygen atoms in total. The van der Waals surface area contributed by atoms with E-state index in [1.807, 2.05) is 24.3 Å². The van der Waals surface area contributed by atoms with Crippen LogP contribution in [0.15, 0.2) is 34.8 Å². The van der Waals surface area contributed by atoms with Crippen molar-refractivity contribution in [1.82, 2.24) is 0 Å². The number of halogens is 1. The van der Waals surface area contributed by atoms with Crippen LogP contribution in [0.5, 0.6) is 5.75 Å². The molecule has 0 aliphatic carbocycles. The van der Waals surface area contributed by atoms with Crippen molar-refractivity contribution in [1.29, 1.82) is 0 Å². The smallest absolute Gasteiger partial charge is 0.337 e. The molecule has 1 N–H and O–H groups in total. The Hall–Kier alpha value is -1.55. The normalized spacial score (nSPS) is 10.4. The molecule has 2 rings (SSSR count). The summed E-state index contributed by atoms with van der Waals surface area (Å²) in [6.45, 7) is 0. The molecule has 0 atom stereocenters. The lowest BCUT2D eigenvalue weighted by molar-refractivity contribution is 0.0695. The second-order valence-corrected chi connectivity index (χ2v) is 4.09. The van der Waals surface area contributed by atoms with Gasteiger partial charge >= 0.3 is 5.97 Å². The third kappa shape index (κ3) is 1.65. The number of hydrogen-bond acceptors (Lipinski definition) is 2. The zero-order valence-electron chi connectivity index (χ0n) is 8.53. The van der Waals surface area contributed by atoms with E-state index >= 15 is 0 Å². The molecule has 0 aromatic heterocycles. The number of fused-ring (bicyclic) bond motifs is 1. The van der Waals surface area contributed by atoms with Crippen LogP contribution in [0.2, 0.25) is 0 Å². The topological polar surface area (TPSA) is 46.5 Å². The molecule has 0 bridgehead atoms. The molecular weight excluding hydrogens is 272 g/mol. The minimum Gasteiger partial charge on any atom is -0.495 e. The molecule has 0 saturated heterocycles. The van der Waals surface area contributed by atoms with Gasteiger partial charge in [0.25, 0.3) is 0 Å². The summed E-state index contributed by atoms with van der Waals surface area (Å²) in [6, 6.07) is 9.13. The maximum absolute atomic E-state index is 11.0. The third-order valence-corrected chi connectivity index (χ3v) is 3.16. The number of ether oxygens (including phenoxy) is 1. The second-order valence-electron chi connectivity index (χ2n) is 3.30. The number of methoxy groups -OCH3 is 1. The average molecular weight is 281 g/mol. The van der Waals surface area contributed by atoms with Crippen molar-refractivity contribution in [2.75, 3.05) is 7.11 Å². The van der Waals surface area contributed by atoms with Gasteiger partial charge in [-0.05, 0) is 27.4 Å². The van der Waals surface area contributed by atoms with Crippen LogP contribution in [0.3, 0.4) is 0 Å². The lowest BCUT2D eigenvalue weighted by Gasteiger charge is -2.10. The first-order valence-corrected chi connectivity index (χ1v) is 5.43. The van der Waals surface area contributed by atoms with Gasteiger partial charge in [0.15, 0.2) is 0 Å². The average Bonchev–Trinajstić information content (AvgIpc) is 2.28. The molecule has 0 aliphatic rings. The summed E-state index contributed by atoms with van der Waals surface area (Å²) < 4.78 is 5.71. The lowest BCUT2D eigenvalue weighted by Crippen LogP contribution is -2.00. The van der Waals surface area contributed by atoms with Crippen LogP contribution in [-0.4, -0.2) is 18.2 Å². The summed E-state index contributed by atoms with van der Waals surface area (Å²) in [5.41, 5.74) is 0.204. The van der Waals surface area contributed by atoms with Crippen LogP contribution in [0.4, 0.5) is 0 Å². The van der Waals surface area contributed by atoms with Crippen molar-refractivity contribution < 1.29 is 14.6 Å². The number of benzene rings is 2. The molecule has 82 valence electrons. The number of carbonyl (C=O) groups is 1. The van der Waals surface area contributed by atoms with E-state index in [1.165, 1.54) is 7.11 Å². The predicted molar refractivity (Wildman–Crippen MR) is 65.2 cm³/mol. The number of carboxylic acids is 1. The number of rotatable bonds is 2. The summed E-state index contributed by atoms with van der Waals surface area (Å²) in [6.07, 6.45) is 0. The Morgan fingerprint density at radius 1 is 1.38 bits per heavy atom. The number of hydrogen-bond donors (Lipinski definition) is 1. The summed E-state index contributed by atoms with van der Waals surface area (Å²) in [5.74, 6) is -0.425. The first kappa shape index (κ1) is 11.0. The Balaban J connectivity index is 2.88. The molecule has 0 amide bonds. The third-order valence-electron chi connectivity index (χ3n) is 2.38. The SMILES string of the molecule is COc1c(Br)c(C(=O)O)cc2ccccc12. The van der Waals surface area contributed by atoms with Gasteiger partial charge in [0.1, 0.15) is 5.75 Å². The summed E-state index contributed by atoms with van der Waals surface area (Å²) >= 11 is 3.26. The fraction of sp³-hybridized carbons (Fsp3) is 0.0833. The maximum Gasteiger partial charge on any atom is 0.337 e. The van der Waals surface area contributed by atoms with E-state index in [1.54, 1.807) is 6.07 Å². The summed E-state index contributed by atoms with van der Waals surface area (Å²) in [4.78, 5) is 11.0. The van der Waals surface area contributed by atoms with Crippen LogP contribution >= 0.6 is 15.9 Å². The quantitative estimate of drug-likeness (QED) is 0.918. The number of carboxylic acid groups (broad SMARTS) is 1. The van der Waals surface area contributed by atoms with Gasteiger partial charge in [-0.1, -0.05) is 24.3 Å². The van der Waals surface area contributed by atoms with Crippen LogP contribution in [0.1, 0.15) is 10.4 Å². The maximum atomic E-state index is 11.0. The van der Waals surface area contributed by atoms with E-state index in [2.05, 4.69) is 15.9 Å². The zero-order valence-corrected chi connectivity index (χ0v) is 10.1. The Labute approximate surface area is 101 Å². The van der Waals surface area contributed by atoms with E-state index in [9.17, 15) is 4.79 Å². The van der Waals surface area contributed by atoms with Crippen LogP contribution < -0.4 is 4.74 Å². The molecule has 0 fully saturated rings. The second kappa shape index (κ2) is 4.14. The molecular formula is C12H9BrO3. The molecule has 0 saturated carbocycles. The van der Waals surface area contributed by atoms with Crippen molar-refractivity contribution in [3.63, 3.8) is 0 Å². The summed E-state index contributed by atoms with van der Waals surface area (Å²) in [5, 5.41) is 10.8. The molecule has 0 radical (unpaired) electrons. The molecule has 0 aliphatic heterocycles. The molecule has 4 heteroatoms. The first-order chi connectivity index (χ1) is 7.65. The minimum absolute atomic E-state index is 0.204. The number of aromatic carboxylic acids is 1. The van der Waals surface area contributed by atoms with Crippen molar-refractivity contribution in [3.05, 3.63) is 40.4 Å². The van der Waals surface area contributed by atoms with Gasteiger partial charge in [-0.15, -0.1) is 0 Å². The van der Waals surface area contributed by atoms with Crippen LogP contribution in [0.25, 0.3) is 10.8 Å². The van der Waals surface area contributed by atoms with E-state index < -0.39 is 5.97 Å².